The number of rotatable bonds is 6. The summed E-state index contributed by atoms with van der Waals surface area (Å²) in [5, 5.41) is 3.42. The third kappa shape index (κ3) is 3.85. The van der Waals surface area contributed by atoms with Crippen molar-refractivity contribution in [3.63, 3.8) is 0 Å². The largest absolute Gasteiger partial charge is 0.344 e. The Bertz CT molecular complexity index is 583. The number of carbonyl (C=O) groups is 2. The molecule has 0 bridgehead atoms. The quantitative estimate of drug-likeness (QED) is 0.804. The molecule has 1 unspecified atom stereocenters. The summed E-state index contributed by atoms with van der Waals surface area (Å²) in [6.07, 6.45) is 1.88. The van der Waals surface area contributed by atoms with Crippen molar-refractivity contribution in [3.05, 3.63) is 29.3 Å². The van der Waals surface area contributed by atoms with Crippen molar-refractivity contribution in [3.8, 4) is 0 Å². The number of hydrogen-bond donors (Lipinski definition) is 2. The van der Waals surface area contributed by atoms with E-state index < -0.39 is 11.5 Å². The molecule has 24 heavy (non-hydrogen) atoms. The number of halogens is 2. The topological polar surface area (TPSA) is 75.4 Å². The van der Waals surface area contributed by atoms with Crippen molar-refractivity contribution in [2.75, 3.05) is 18.0 Å². The van der Waals surface area contributed by atoms with Crippen LogP contribution in [0.1, 0.15) is 33.1 Å². The molecular weight excluding hydrogens is 349 g/mol. The van der Waals surface area contributed by atoms with E-state index >= 15 is 0 Å². The lowest BCUT2D eigenvalue weighted by Gasteiger charge is -2.29. The normalized spacial score (nSPS) is 17.6. The van der Waals surface area contributed by atoms with Crippen LogP contribution in [0.5, 0.6) is 0 Å². The number of para-hydroxylation sites is 1. The predicted octanol–water partition coefficient (Wildman–Crippen LogP) is 2.75. The van der Waals surface area contributed by atoms with Crippen LogP contribution in [0.25, 0.3) is 0 Å². The second-order valence-corrected chi connectivity index (χ2v) is 6.35. The number of amides is 2. The van der Waals surface area contributed by atoms with Gasteiger partial charge in [-0.05, 0) is 31.4 Å². The van der Waals surface area contributed by atoms with Crippen LogP contribution >= 0.6 is 24.0 Å². The molecule has 0 aromatic heterocycles. The lowest BCUT2D eigenvalue weighted by molar-refractivity contribution is -0.134. The molecule has 0 aliphatic carbocycles. The summed E-state index contributed by atoms with van der Waals surface area (Å²) in [6, 6.07) is 6.72. The fourth-order valence-electron chi connectivity index (χ4n) is 2.99. The van der Waals surface area contributed by atoms with E-state index in [1.165, 1.54) is 0 Å². The van der Waals surface area contributed by atoms with E-state index in [2.05, 4.69) is 5.32 Å². The highest BCUT2D eigenvalue weighted by Gasteiger charge is 2.39. The lowest BCUT2D eigenvalue weighted by Crippen LogP contribution is -2.51. The van der Waals surface area contributed by atoms with E-state index in [9.17, 15) is 9.59 Å². The van der Waals surface area contributed by atoms with Gasteiger partial charge in [-0.1, -0.05) is 37.6 Å². The molecule has 0 saturated carbocycles. The second-order valence-electron chi connectivity index (χ2n) is 5.95. The van der Waals surface area contributed by atoms with Crippen molar-refractivity contribution >= 4 is 41.5 Å². The van der Waals surface area contributed by atoms with Crippen LogP contribution in [-0.2, 0) is 9.59 Å². The van der Waals surface area contributed by atoms with E-state index in [1.807, 2.05) is 32.0 Å². The van der Waals surface area contributed by atoms with Crippen LogP contribution in [0.15, 0.2) is 24.3 Å². The first-order valence-electron chi connectivity index (χ1n) is 8.06. The Hall–Kier alpha value is -1.30. The predicted molar refractivity (Wildman–Crippen MR) is 99.7 cm³/mol. The maximum atomic E-state index is 12.6. The highest BCUT2D eigenvalue weighted by atomic mass is 35.5. The molecule has 0 spiro atoms. The summed E-state index contributed by atoms with van der Waals surface area (Å²) in [6.45, 7) is 4.72. The molecule has 1 atom stereocenters. The van der Waals surface area contributed by atoms with Crippen LogP contribution in [-0.4, -0.2) is 30.9 Å². The van der Waals surface area contributed by atoms with Crippen molar-refractivity contribution in [2.45, 2.75) is 39.2 Å². The maximum absolute atomic E-state index is 12.6. The van der Waals surface area contributed by atoms with Crippen LogP contribution in [0.3, 0.4) is 0 Å². The highest BCUT2D eigenvalue weighted by Crippen LogP contribution is 2.30. The first-order valence-corrected chi connectivity index (χ1v) is 8.43. The van der Waals surface area contributed by atoms with Crippen LogP contribution in [0.4, 0.5) is 5.69 Å². The molecule has 1 aliphatic heterocycles. The van der Waals surface area contributed by atoms with E-state index in [1.54, 1.807) is 11.0 Å². The van der Waals surface area contributed by atoms with Gasteiger partial charge in [-0.15, -0.1) is 12.4 Å². The monoisotopic (exact) mass is 373 g/mol. The van der Waals surface area contributed by atoms with Gasteiger partial charge in [0.1, 0.15) is 6.04 Å². The third-order valence-corrected chi connectivity index (χ3v) is 5.20. The maximum Gasteiger partial charge on any atom is 0.249 e. The Morgan fingerprint density at radius 2 is 2.00 bits per heavy atom. The highest BCUT2D eigenvalue weighted by molar-refractivity contribution is 6.34. The molecule has 3 N–H and O–H groups in total. The fraction of sp³-hybridized carbons (Fsp3) is 0.529. The number of hydrogen-bond acceptors (Lipinski definition) is 3. The van der Waals surface area contributed by atoms with Gasteiger partial charge in [-0.3, -0.25) is 9.59 Å². The summed E-state index contributed by atoms with van der Waals surface area (Å²) >= 11 is 6.17. The zero-order valence-corrected chi connectivity index (χ0v) is 15.6. The zero-order valence-electron chi connectivity index (χ0n) is 14.0. The van der Waals surface area contributed by atoms with Gasteiger partial charge in [0, 0.05) is 13.1 Å². The van der Waals surface area contributed by atoms with Gasteiger partial charge in [0.05, 0.1) is 16.1 Å². The number of nitrogens with zero attached hydrogens (tertiary/aromatic N) is 1. The third-order valence-electron chi connectivity index (χ3n) is 4.88. The van der Waals surface area contributed by atoms with E-state index in [-0.39, 0.29) is 30.8 Å². The minimum atomic E-state index is -0.599. The standard InChI is InChI=1S/C17H24ClN3O2.ClH/c1-3-17(4-2,11-19)16(23)20-13-9-10-21(15(13)22)14-8-6-5-7-12(14)18;/h5-8,13H,3-4,9-11,19H2,1-2H3,(H,20,23);1H. The Labute approximate surface area is 154 Å². The summed E-state index contributed by atoms with van der Waals surface area (Å²) < 4.78 is 0. The minimum absolute atomic E-state index is 0. The molecule has 1 saturated heterocycles. The molecule has 0 radical (unpaired) electrons. The average molecular weight is 374 g/mol. The number of nitrogens with two attached hydrogens (primary N) is 1. The summed E-state index contributed by atoms with van der Waals surface area (Å²) in [5.74, 6) is -0.256. The molecule has 1 heterocycles. The molecule has 1 aliphatic rings. The van der Waals surface area contributed by atoms with Gasteiger partial charge in [0.25, 0.3) is 0 Å². The second kappa shape index (κ2) is 8.70. The van der Waals surface area contributed by atoms with Gasteiger partial charge in [0.2, 0.25) is 11.8 Å². The number of carbonyl (C=O) groups excluding carboxylic acids is 2. The molecule has 7 heteroatoms. The molecule has 1 aromatic carbocycles. The molecule has 1 aromatic rings. The van der Waals surface area contributed by atoms with Crippen molar-refractivity contribution in [1.82, 2.24) is 5.32 Å². The molecule has 1 fully saturated rings. The zero-order chi connectivity index (χ0) is 17.0. The first kappa shape index (κ1) is 20.7. The summed E-state index contributed by atoms with van der Waals surface area (Å²) in [7, 11) is 0. The fourth-order valence-corrected chi connectivity index (χ4v) is 3.23. The van der Waals surface area contributed by atoms with Crippen LogP contribution in [0, 0.1) is 5.41 Å². The molecule has 5 nitrogen and oxygen atoms in total. The van der Waals surface area contributed by atoms with Crippen molar-refractivity contribution in [1.29, 1.82) is 0 Å². The molecule has 2 amide bonds. The Morgan fingerprint density at radius 3 is 2.54 bits per heavy atom. The SMILES string of the molecule is CCC(CC)(CN)C(=O)NC1CCN(c2ccccc2Cl)C1=O.Cl. The summed E-state index contributed by atoms with van der Waals surface area (Å²) in [5.41, 5.74) is 5.89. The molecule has 134 valence electrons. The Morgan fingerprint density at radius 1 is 1.38 bits per heavy atom. The van der Waals surface area contributed by atoms with Gasteiger partial charge in [0.15, 0.2) is 0 Å². The summed E-state index contributed by atoms with van der Waals surface area (Å²) in [4.78, 5) is 26.8. The smallest absolute Gasteiger partial charge is 0.249 e. The first-order chi connectivity index (χ1) is 11.0. The van der Waals surface area contributed by atoms with Crippen LogP contribution < -0.4 is 16.0 Å². The number of anilines is 1. The minimum Gasteiger partial charge on any atom is -0.344 e. The van der Waals surface area contributed by atoms with E-state index in [0.29, 0.717) is 36.5 Å². The molecule has 2 rings (SSSR count). The lowest BCUT2D eigenvalue weighted by atomic mass is 9.81. The van der Waals surface area contributed by atoms with Gasteiger partial charge in [-0.2, -0.15) is 0 Å². The van der Waals surface area contributed by atoms with Crippen molar-refractivity contribution in [2.24, 2.45) is 11.1 Å². The van der Waals surface area contributed by atoms with Gasteiger partial charge < -0.3 is 16.0 Å². The number of benzene rings is 1. The van der Waals surface area contributed by atoms with E-state index in [0.717, 1.165) is 0 Å². The average Bonchev–Trinajstić information content (AvgIpc) is 2.91. The van der Waals surface area contributed by atoms with Crippen LogP contribution in [0.2, 0.25) is 5.02 Å². The number of nitrogens with one attached hydrogen (secondary N) is 1. The van der Waals surface area contributed by atoms with E-state index in [4.69, 9.17) is 17.3 Å². The Kier molecular flexibility index (Phi) is 7.52. The molecular formula is C17H25Cl2N3O2. The Balaban J connectivity index is 0.00000288. The van der Waals surface area contributed by atoms with Gasteiger partial charge in [-0.25, -0.2) is 0 Å². The van der Waals surface area contributed by atoms with Gasteiger partial charge >= 0.3 is 0 Å². The van der Waals surface area contributed by atoms with Crippen molar-refractivity contribution < 1.29 is 9.59 Å².